The number of carbonyl (C=O) groups excluding carboxylic acids is 1. The van der Waals surface area contributed by atoms with Crippen LogP contribution >= 0.6 is 0 Å². The van der Waals surface area contributed by atoms with E-state index in [1.54, 1.807) is 0 Å². The predicted molar refractivity (Wildman–Crippen MR) is 71.4 cm³/mol. The van der Waals surface area contributed by atoms with Gasteiger partial charge in [-0.3, -0.25) is 10.2 Å². The molecule has 10 nitrogen and oxygen atoms in total. The zero-order valence-electron chi connectivity index (χ0n) is 11.5. The fourth-order valence-electron chi connectivity index (χ4n) is 1.48. The highest BCUT2D eigenvalue weighted by molar-refractivity contribution is 5.94. The highest BCUT2D eigenvalue weighted by atomic mass is 19.1. The van der Waals surface area contributed by atoms with Gasteiger partial charge in [0.05, 0.1) is 21.6 Å². The van der Waals surface area contributed by atoms with Crippen LogP contribution in [-0.4, -0.2) is 31.0 Å². The van der Waals surface area contributed by atoms with Crippen LogP contribution in [0.4, 0.5) is 14.7 Å². The van der Waals surface area contributed by atoms with E-state index in [0.717, 1.165) is 29.2 Å². The lowest BCUT2D eigenvalue weighted by Crippen LogP contribution is -2.37. The molecular weight excluding hydrogens is 316 g/mol. The number of carbonyl (C=O) groups is 1. The van der Waals surface area contributed by atoms with Crippen LogP contribution in [0.3, 0.4) is 0 Å². The van der Waals surface area contributed by atoms with Crippen molar-refractivity contribution >= 4 is 18.1 Å². The Morgan fingerprint density at radius 1 is 1.35 bits per heavy atom. The van der Waals surface area contributed by atoms with Crippen molar-refractivity contribution in [1.29, 1.82) is 0 Å². The molecule has 0 aliphatic rings. The number of aromatic nitrogens is 4. The Morgan fingerprint density at radius 2 is 2.00 bits per heavy atom. The van der Waals surface area contributed by atoms with Gasteiger partial charge in [-0.25, -0.2) is 8.78 Å². The number of rotatable bonds is 5. The molecule has 1 aromatic heterocycles. The summed E-state index contributed by atoms with van der Waals surface area (Å²) in [7, 11) is 0. The summed E-state index contributed by atoms with van der Waals surface area (Å²) >= 11 is 0. The van der Waals surface area contributed by atoms with Gasteiger partial charge in [0.2, 0.25) is 0 Å². The average Bonchev–Trinajstić information content (AvgIpc) is 2.93. The maximum Gasteiger partial charge on any atom is 0.515 e. The van der Waals surface area contributed by atoms with Crippen molar-refractivity contribution in [3.05, 3.63) is 51.2 Å². The molecule has 0 aliphatic carbocycles. The number of hydrogen-bond donors (Lipinski definition) is 2. The van der Waals surface area contributed by atoms with E-state index in [2.05, 4.69) is 26.3 Å². The summed E-state index contributed by atoms with van der Waals surface area (Å²) in [6.45, 7) is 1.45. The Kier molecular flexibility index (Phi) is 4.54. The third-order valence-electron chi connectivity index (χ3n) is 2.45. The largest absolute Gasteiger partial charge is 0.515 e. The van der Waals surface area contributed by atoms with Crippen LogP contribution < -0.4 is 10.9 Å². The molecule has 0 saturated carbocycles. The number of amides is 1. The first-order chi connectivity index (χ1) is 10.9. The summed E-state index contributed by atoms with van der Waals surface area (Å²) in [5, 5.41) is 20.3. The Hall–Kier alpha value is -3.44. The molecule has 0 aliphatic heterocycles. The lowest BCUT2D eigenvalue weighted by atomic mass is 10.2. The molecule has 12 heteroatoms. The van der Waals surface area contributed by atoms with Gasteiger partial charge >= 0.3 is 5.95 Å². The van der Waals surface area contributed by atoms with E-state index in [1.807, 2.05) is 0 Å². The van der Waals surface area contributed by atoms with Gasteiger partial charge in [-0.15, -0.1) is 0 Å². The van der Waals surface area contributed by atoms with Crippen molar-refractivity contribution < 1.29 is 18.5 Å². The first-order valence-electron chi connectivity index (χ1n) is 6.01. The maximum atomic E-state index is 13.4. The molecule has 23 heavy (non-hydrogen) atoms. The Labute approximate surface area is 126 Å². The van der Waals surface area contributed by atoms with Gasteiger partial charge in [0, 0.05) is 5.70 Å². The molecule has 120 valence electrons. The second-order valence-electron chi connectivity index (χ2n) is 4.15. The first kappa shape index (κ1) is 15.9. The number of nitro groups is 1. The number of benzene rings is 1. The molecule has 0 radical (unpaired) electrons. The van der Waals surface area contributed by atoms with Crippen LogP contribution in [0.2, 0.25) is 0 Å². The topological polar surface area (TPSA) is 128 Å². The normalized spacial score (nSPS) is 11.2. The number of hydrogen-bond acceptors (Lipinski definition) is 7. The van der Waals surface area contributed by atoms with Crippen LogP contribution in [-0.2, 0) is 0 Å². The first-order valence-corrected chi connectivity index (χ1v) is 6.01. The van der Waals surface area contributed by atoms with Crippen LogP contribution in [0.1, 0.15) is 17.3 Å². The summed E-state index contributed by atoms with van der Waals surface area (Å²) in [6, 6.07) is 3.02. The van der Waals surface area contributed by atoms with Crippen LogP contribution in [0.5, 0.6) is 0 Å². The number of allylic oxidation sites excluding steroid dienone is 1. The summed E-state index contributed by atoms with van der Waals surface area (Å²) < 4.78 is 26.8. The van der Waals surface area contributed by atoms with Gasteiger partial charge in [0.1, 0.15) is 17.2 Å². The quantitative estimate of drug-likeness (QED) is 0.609. The second kappa shape index (κ2) is 6.55. The molecule has 0 atom stereocenters. The fourth-order valence-corrected chi connectivity index (χ4v) is 1.48. The lowest BCUT2D eigenvalue weighted by molar-refractivity contribution is -0.394. The van der Waals surface area contributed by atoms with Crippen molar-refractivity contribution in [1.82, 2.24) is 31.1 Å². The highest BCUT2D eigenvalue weighted by Crippen LogP contribution is 2.11. The monoisotopic (exact) mass is 325 g/mol. The van der Waals surface area contributed by atoms with E-state index in [1.165, 1.54) is 6.92 Å². The zero-order chi connectivity index (χ0) is 17.0. The van der Waals surface area contributed by atoms with E-state index in [0.29, 0.717) is 0 Å². The molecule has 0 unspecified atom stereocenters. The third-order valence-corrected chi connectivity index (χ3v) is 2.45. The van der Waals surface area contributed by atoms with Crippen molar-refractivity contribution in [2.45, 2.75) is 6.92 Å². The molecule has 2 N–H and O–H groups in total. The van der Waals surface area contributed by atoms with Gasteiger partial charge in [-0.1, -0.05) is 10.9 Å². The molecule has 0 saturated heterocycles. The van der Waals surface area contributed by atoms with Crippen molar-refractivity contribution in [2.24, 2.45) is 0 Å². The number of halogens is 2. The van der Waals surface area contributed by atoms with Crippen LogP contribution in [0, 0.1) is 21.7 Å². The van der Waals surface area contributed by atoms with Gasteiger partial charge in [0.15, 0.2) is 0 Å². The maximum absolute atomic E-state index is 13.4. The van der Waals surface area contributed by atoms with Crippen molar-refractivity contribution in [2.75, 3.05) is 0 Å². The van der Waals surface area contributed by atoms with E-state index >= 15 is 0 Å². The Morgan fingerprint density at radius 3 is 2.57 bits per heavy atom. The van der Waals surface area contributed by atoms with Crippen molar-refractivity contribution in [3.8, 4) is 0 Å². The van der Waals surface area contributed by atoms with E-state index in [-0.39, 0.29) is 5.70 Å². The number of nitrogens with one attached hydrogen (secondary N) is 2. The van der Waals surface area contributed by atoms with Gasteiger partial charge in [0.25, 0.3) is 5.91 Å². The SMILES string of the molecule is CC(=Cn1nnc([N+](=O)[O-])n1)NNC(=O)c1c(F)cccc1F. The van der Waals surface area contributed by atoms with Gasteiger partial charge in [-0.05, 0) is 24.0 Å². The molecule has 2 aromatic rings. The molecular formula is C11H9F2N7O3. The summed E-state index contributed by atoms with van der Waals surface area (Å²) in [6.07, 6.45) is 1.16. The molecule has 0 bridgehead atoms. The Balaban J connectivity index is 2.03. The molecule has 0 fully saturated rings. The molecule has 1 heterocycles. The second-order valence-corrected chi connectivity index (χ2v) is 4.15. The smallest absolute Gasteiger partial charge is 0.390 e. The third kappa shape index (κ3) is 3.81. The number of hydrazine groups is 1. The van der Waals surface area contributed by atoms with Gasteiger partial charge in [-0.2, -0.15) is 0 Å². The number of nitrogens with zero attached hydrogens (tertiary/aromatic N) is 5. The summed E-state index contributed by atoms with van der Waals surface area (Å²) in [5.41, 5.74) is 3.90. The lowest BCUT2D eigenvalue weighted by Gasteiger charge is -2.09. The van der Waals surface area contributed by atoms with Crippen LogP contribution in [0.25, 0.3) is 6.20 Å². The zero-order valence-corrected chi connectivity index (χ0v) is 11.5. The predicted octanol–water partition coefficient (Wildman–Crippen LogP) is 0.612. The van der Waals surface area contributed by atoms with Gasteiger partial charge < -0.3 is 15.5 Å². The minimum Gasteiger partial charge on any atom is -0.390 e. The average molecular weight is 325 g/mol. The highest BCUT2D eigenvalue weighted by Gasteiger charge is 2.17. The van der Waals surface area contributed by atoms with E-state index < -0.39 is 34.0 Å². The number of tetrazole rings is 1. The molecule has 2 rings (SSSR count). The molecule has 0 spiro atoms. The minimum absolute atomic E-state index is 0.224. The van der Waals surface area contributed by atoms with Crippen LogP contribution in [0.15, 0.2) is 23.9 Å². The van der Waals surface area contributed by atoms with Crippen molar-refractivity contribution in [3.63, 3.8) is 0 Å². The molecule has 1 amide bonds. The summed E-state index contributed by atoms with van der Waals surface area (Å²) in [4.78, 5) is 22.1. The van der Waals surface area contributed by atoms with E-state index in [4.69, 9.17) is 0 Å². The molecule has 1 aromatic carbocycles. The Bertz CT molecular complexity index is 769. The standard InChI is InChI=1S/C11H9F2N7O3/c1-6(5-19-17-11(16-18-19)20(22)23)14-15-10(21)9-7(12)3-2-4-8(9)13/h2-5,14H,1H3,(H,15,21). The minimum atomic E-state index is -1.04. The summed E-state index contributed by atoms with van der Waals surface area (Å²) in [5.74, 6) is -3.77. The van der Waals surface area contributed by atoms with E-state index in [9.17, 15) is 23.7 Å². The fraction of sp³-hybridized carbons (Fsp3) is 0.0909.